The third-order valence-electron chi connectivity index (χ3n) is 2.51. The highest BCUT2D eigenvalue weighted by atomic mass is 79.9. The first-order valence-electron chi connectivity index (χ1n) is 5.19. The first-order chi connectivity index (χ1) is 9.25. The van der Waals surface area contributed by atoms with Crippen LogP contribution >= 0.6 is 38.8 Å². The van der Waals surface area contributed by atoms with E-state index < -0.39 is 16.0 Å². The number of sulfonamides is 1. The number of aryl methyl sites for hydroxylation is 1. The Kier molecular flexibility index (Phi) is 4.19. The van der Waals surface area contributed by atoms with Crippen molar-refractivity contribution in [3.05, 3.63) is 27.2 Å². The molecule has 0 unspecified atom stereocenters. The highest BCUT2D eigenvalue weighted by Gasteiger charge is 2.29. The van der Waals surface area contributed by atoms with E-state index in [0.29, 0.717) is 9.48 Å². The van der Waals surface area contributed by atoms with E-state index in [1.165, 1.54) is 20.0 Å². The molecule has 0 spiro atoms. The van der Waals surface area contributed by atoms with Crippen LogP contribution in [0.15, 0.2) is 20.1 Å². The van der Waals surface area contributed by atoms with Crippen LogP contribution in [0.1, 0.15) is 16.1 Å². The van der Waals surface area contributed by atoms with Crippen molar-refractivity contribution in [3.8, 4) is 0 Å². The van der Waals surface area contributed by atoms with Crippen molar-refractivity contribution in [3.63, 3.8) is 0 Å². The lowest BCUT2D eigenvalue weighted by Crippen LogP contribution is -2.26. The van der Waals surface area contributed by atoms with Gasteiger partial charge in [-0.2, -0.15) is 4.37 Å². The quantitative estimate of drug-likeness (QED) is 0.857. The fourth-order valence-electron chi connectivity index (χ4n) is 1.50. The summed E-state index contributed by atoms with van der Waals surface area (Å²) < 4.78 is 30.6. The Bertz CT molecular complexity index is 765. The molecule has 10 heteroatoms. The molecule has 108 valence electrons. The van der Waals surface area contributed by atoms with Crippen molar-refractivity contribution in [1.29, 1.82) is 0 Å². The Balaban J connectivity index is 2.51. The number of thiophene rings is 1. The van der Waals surface area contributed by atoms with Crippen LogP contribution in [0.2, 0.25) is 0 Å². The van der Waals surface area contributed by atoms with E-state index in [1.54, 1.807) is 6.07 Å². The summed E-state index contributed by atoms with van der Waals surface area (Å²) in [7, 11) is -2.46. The van der Waals surface area contributed by atoms with Gasteiger partial charge in [0.25, 0.3) is 10.0 Å². The highest BCUT2D eigenvalue weighted by Crippen LogP contribution is 2.34. The molecule has 2 heterocycles. The van der Waals surface area contributed by atoms with Crippen LogP contribution in [0.5, 0.6) is 0 Å². The zero-order chi connectivity index (χ0) is 15.1. The first kappa shape index (κ1) is 15.4. The molecule has 0 saturated carbocycles. The van der Waals surface area contributed by atoms with Gasteiger partial charge in [0.2, 0.25) is 0 Å². The number of rotatable bonds is 4. The molecule has 0 saturated heterocycles. The number of hydrogen-bond donors (Lipinski definition) is 1. The first-order valence-corrected chi connectivity index (χ1v) is 9.01. The molecule has 0 aliphatic rings. The van der Waals surface area contributed by atoms with Crippen LogP contribution in [0.4, 0.5) is 5.00 Å². The minimum absolute atomic E-state index is 0.0864. The maximum Gasteiger partial charge on any atom is 0.340 e. The van der Waals surface area contributed by atoms with Crippen LogP contribution in [-0.4, -0.2) is 30.9 Å². The van der Waals surface area contributed by atoms with Gasteiger partial charge in [-0.1, -0.05) is 0 Å². The predicted molar refractivity (Wildman–Crippen MR) is 81.4 cm³/mol. The van der Waals surface area contributed by atoms with E-state index in [4.69, 9.17) is 5.11 Å². The zero-order valence-corrected chi connectivity index (χ0v) is 14.4. The Hall–Kier alpha value is -0.970. The Morgan fingerprint density at radius 1 is 1.45 bits per heavy atom. The van der Waals surface area contributed by atoms with E-state index in [9.17, 15) is 13.2 Å². The SMILES string of the molecule is Cc1nsc(N(C)S(=O)(=O)c2ccc(Br)s2)c1C(=O)O. The van der Waals surface area contributed by atoms with Gasteiger partial charge in [-0.3, -0.25) is 4.31 Å². The molecule has 1 N–H and O–H groups in total. The molecule has 0 amide bonds. The van der Waals surface area contributed by atoms with Crippen LogP contribution in [-0.2, 0) is 10.0 Å². The van der Waals surface area contributed by atoms with Crippen molar-refractivity contribution in [2.75, 3.05) is 11.4 Å². The Labute approximate surface area is 132 Å². The van der Waals surface area contributed by atoms with Gasteiger partial charge in [0, 0.05) is 7.05 Å². The fourth-order valence-corrected chi connectivity index (χ4v) is 5.94. The predicted octanol–water partition coefficient (Wildman–Crippen LogP) is 2.80. The number of halogens is 1. The molecule has 0 atom stereocenters. The van der Waals surface area contributed by atoms with Crippen LogP contribution in [0.25, 0.3) is 0 Å². The molecule has 0 aliphatic heterocycles. The van der Waals surface area contributed by atoms with Crippen molar-refractivity contribution in [2.45, 2.75) is 11.1 Å². The summed E-state index contributed by atoms with van der Waals surface area (Å²) in [4.78, 5) is 11.2. The average molecular weight is 397 g/mol. The second-order valence-electron chi connectivity index (χ2n) is 3.78. The second-order valence-corrected chi connectivity index (χ2v) is 9.20. The van der Waals surface area contributed by atoms with Crippen LogP contribution in [0, 0.1) is 6.92 Å². The van der Waals surface area contributed by atoms with E-state index in [2.05, 4.69) is 20.3 Å². The van der Waals surface area contributed by atoms with E-state index in [0.717, 1.165) is 27.2 Å². The third-order valence-corrected chi connectivity index (χ3v) is 7.49. The molecule has 2 aromatic heterocycles. The van der Waals surface area contributed by atoms with Crippen LogP contribution < -0.4 is 4.31 Å². The number of nitrogens with zero attached hydrogens (tertiary/aromatic N) is 2. The van der Waals surface area contributed by atoms with Crippen LogP contribution in [0.3, 0.4) is 0 Å². The van der Waals surface area contributed by atoms with E-state index in [-0.39, 0.29) is 14.8 Å². The summed E-state index contributed by atoms with van der Waals surface area (Å²) in [6.45, 7) is 1.53. The summed E-state index contributed by atoms with van der Waals surface area (Å²) >= 11 is 5.12. The molecular formula is C10H9BrN2O4S3. The lowest BCUT2D eigenvalue weighted by molar-refractivity contribution is 0.0697. The molecular weight excluding hydrogens is 388 g/mol. The number of aromatic nitrogens is 1. The molecule has 0 aromatic carbocycles. The summed E-state index contributed by atoms with van der Waals surface area (Å²) in [5.41, 5.74) is 0.212. The highest BCUT2D eigenvalue weighted by molar-refractivity contribution is 9.11. The molecule has 2 rings (SSSR count). The number of carboxylic acids is 1. The minimum atomic E-state index is -3.78. The normalized spacial score (nSPS) is 11.6. The van der Waals surface area contributed by atoms with Gasteiger partial charge in [-0.05, 0) is 46.5 Å². The van der Waals surface area contributed by atoms with Crippen molar-refractivity contribution in [1.82, 2.24) is 4.37 Å². The molecule has 6 nitrogen and oxygen atoms in total. The Morgan fingerprint density at radius 2 is 2.10 bits per heavy atom. The summed E-state index contributed by atoms with van der Waals surface area (Å²) in [5.74, 6) is -1.19. The van der Waals surface area contributed by atoms with Gasteiger partial charge in [0.1, 0.15) is 14.8 Å². The summed E-state index contributed by atoms with van der Waals surface area (Å²) in [6, 6.07) is 3.09. The summed E-state index contributed by atoms with van der Waals surface area (Å²) in [6.07, 6.45) is 0. The van der Waals surface area contributed by atoms with Gasteiger partial charge in [-0.15, -0.1) is 11.3 Å². The smallest absolute Gasteiger partial charge is 0.340 e. The lowest BCUT2D eigenvalue weighted by Gasteiger charge is -2.16. The van der Waals surface area contributed by atoms with Crippen molar-refractivity contribution in [2.24, 2.45) is 0 Å². The van der Waals surface area contributed by atoms with Gasteiger partial charge in [-0.25, -0.2) is 13.2 Å². The topological polar surface area (TPSA) is 87.6 Å². The molecule has 0 aliphatic carbocycles. The number of carbonyl (C=O) groups is 1. The minimum Gasteiger partial charge on any atom is -0.478 e. The number of carboxylic acid groups (broad SMARTS) is 1. The number of hydrogen-bond acceptors (Lipinski definition) is 6. The molecule has 2 aromatic rings. The maximum absolute atomic E-state index is 12.4. The third kappa shape index (κ3) is 2.60. The maximum atomic E-state index is 12.4. The van der Waals surface area contributed by atoms with Gasteiger partial charge >= 0.3 is 5.97 Å². The van der Waals surface area contributed by atoms with Gasteiger partial charge < -0.3 is 5.11 Å². The summed E-state index contributed by atoms with van der Waals surface area (Å²) in [5, 5.41) is 9.26. The molecule has 20 heavy (non-hydrogen) atoms. The number of anilines is 1. The number of aromatic carboxylic acids is 1. The monoisotopic (exact) mass is 396 g/mol. The Morgan fingerprint density at radius 3 is 2.60 bits per heavy atom. The molecule has 0 radical (unpaired) electrons. The zero-order valence-electron chi connectivity index (χ0n) is 10.3. The fraction of sp³-hybridized carbons (Fsp3) is 0.200. The molecule has 0 bridgehead atoms. The van der Waals surface area contributed by atoms with Gasteiger partial charge in [0.15, 0.2) is 0 Å². The van der Waals surface area contributed by atoms with Crippen molar-refractivity contribution >= 4 is 59.8 Å². The van der Waals surface area contributed by atoms with E-state index >= 15 is 0 Å². The lowest BCUT2D eigenvalue weighted by atomic mass is 10.2. The van der Waals surface area contributed by atoms with Crippen molar-refractivity contribution < 1.29 is 18.3 Å². The van der Waals surface area contributed by atoms with E-state index in [1.807, 2.05) is 0 Å². The van der Waals surface area contributed by atoms with Gasteiger partial charge in [0.05, 0.1) is 9.48 Å². The molecule has 0 fully saturated rings. The average Bonchev–Trinajstić information content (AvgIpc) is 2.94. The second kappa shape index (κ2) is 5.43. The standard InChI is InChI=1S/C10H9BrN2O4S3/c1-5-8(10(14)15)9(19-12-5)13(2)20(16,17)7-4-3-6(11)18-7/h3-4H,1-2H3,(H,14,15). The largest absolute Gasteiger partial charge is 0.478 e.